The minimum Gasteiger partial charge on any atom is -0.336 e. The predicted octanol–water partition coefficient (Wildman–Crippen LogP) is 3.61. The molecule has 0 saturated heterocycles. The van der Waals surface area contributed by atoms with Crippen molar-refractivity contribution in [2.45, 2.75) is 25.2 Å². The average Bonchev–Trinajstić information content (AvgIpc) is 3.02. The molecule has 0 bridgehead atoms. The molecule has 0 saturated carbocycles. The molecule has 0 aliphatic heterocycles. The van der Waals surface area contributed by atoms with Gasteiger partial charge in [0.05, 0.1) is 0 Å². The highest BCUT2D eigenvalue weighted by atomic mass is 35.5. The number of aryl methyl sites for hydroxylation is 2. The Labute approximate surface area is 136 Å². The molecule has 0 radical (unpaired) electrons. The van der Waals surface area contributed by atoms with Crippen LogP contribution < -0.4 is 4.72 Å². The SMILES string of the molecule is CCc1sc2ncccc2c1S(=O)(=O)Nc1onc(C)c1Cl. The zero-order chi connectivity index (χ0) is 15.9. The van der Waals surface area contributed by atoms with E-state index < -0.39 is 10.0 Å². The maximum atomic E-state index is 12.7. The third-order valence-corrected chi connectivity index (χ3v) is 6.39. The molecule has 0 unspecified atom stereocenters. The number of anilines is 1. The van der Waals surface area contributed by atoms with E-state index in [-0.39, 0.29) is 15.8 Å². The number of rotatable bonds is 4. The van der Waals surface area contributed by atoms with Gasteiger partial charge in [-0.3, -0.25) is 0 Å². The number of pyridine rings is 1. The summed E-state index contributed by atoms with van der Waals surface area (Å²) >= 11 is 7.34. The Morgan fingerprint density at radius 1 is 1.45 bits per heavy atom. The lowest BCUT2D eigenvalue weighted by Crippen LogP contribution is -2.13. The van der Waals surface area contributed by atoms with Crippen molar-refractivity contribution in [3.63, 3.8) is 0 Å². The average molecular weight is 358 g/mol. The third kappa shape index (κ3) is 2.47. The van der Waals surface area contributed by atoms with Crippen LogP contribution in [0.1, 0.15) is 17.5 Å². The van der Waals surface area contributed by atoms with Crippen molar-refractivity contribution in [2.24, 2.45) is 0 Å². The summed E-state index contributed by atoms with van der Waals surface area (Å²) in [7, 11) is -3.85. The highest BCUT2D eigenvalue weighted by Crippen LogP contribution is 2.36. The van der Waals surface area contributed by atoms with Gasteiger partial charge < -0.3 is 4.52 Å². The van der Waals surface area contributed by atoms with Crippen LogP contribution >= 0.6 is 22.9 Å². The van der Waals surface area contributed by atoms with Gasteiger partial charge in [0.1, 0.15) is 20.4 Å². The summed E-state index contributed by atoms with van der Waals surface area (Å²) in [6.07, 6.45) is 2.22. The molecule has 3 rings (SSSR count). The van der Waals surface area contributed by atoms with Gasteiger partial charge in [0.25, 0.3) is 15.9 Å². The minimum absolute atomic E-state index is 0.0792. The van der Waals surface area contributed by atoms with E-state index in [0.29, 0.717) is 22.3 Å². The van der Waals surface area contributed by atoms with Crippen LogP contribution in [0.5, 0.6) is 0 Å². The number of hydrogen-bond acceptors (Lipinski definition) is 6. The molecule has 116 valence electrons. The Kier molecular flexibility index (Phi) is 3.84. The van der Waals surface area contributed by atoms with Crippen LogP contribution in [0.2, 0.25) is 5.02 Å². The Morgan fingerprint density at radius 3 is 2.86 bits per heavy atom. The summed E-state index contributed by atoms with van der Waals surface area (Å²) in [6.45, 7) is 3.53. The van der Waals surface area contributed by atoms with Gasteiger partial charge in [0.2, 0.25) is 0 Å². The second-order valence-electron chi connectivity index (χ2n) is 4.58. The second kappa shape index (κ2) is 5.53. The van der Waals surface area contributed by atoms with Gasteiger partial charge in [-0.05, 0) is 25.5 Å². The smallest absolute Gasteiger partial charge is 0.266 e. The van der Waals surface area contributed by atoms with Crippen molar-refractivity contribution in [3.8, 4) is 0 Å². The van der Waals surface area contributed by atoms with E-state index in [1.54, 1.807) is 25.3 Å². The van der Waals surface area contributed by atoms with Crippen LogP contribution in [0.3, 0.4) is 0 Å². The largest absolute Gasteiger partial charge is 0.336 e. The number of hydrogen-bond donors (Lipinski definition) is 1. The molecule has 3 aromatic rings. The molecule has 22 heavy (non-hydrogen) atoms. The van der Waals surface area contributed by atoms with Gasteiger partial charge in [-0.25, -0.2) is 18.1 Å². The van der Waals surface area contributed by atoms with Gasteiger partial charge in [-0.15, -0.1) is 11.3 Å². The first kappa shape index (κ1) is 15.3. The fraction of sp³-hybridized carbons (Fsp3) is 0.231. The summed E-state index contributed by atoms with van der Waals surface area (Å²) < 4.78 is 32.8. The van der Waals surface area contributed by atoms with E-state index in [9.17, 15) is 8.42 Å². The van der Waals surface area contributed by atoms with Crippen LogP contribution in [-0.4, -0.2) is 18.6 Å². The normalized spacial score (nSPS) is 12.0. The van der Waals surface area contributed by atoms with Crippen molar-refractivity contribution in [1.82, 2.24) is 10.1 Å². The van der Waals surface area contributed by atoms with E-state index in [0.717, 1.165) is 4.88 Å². The maximum Gasteiger partial charge on any atom is 0.266 e. The van der Waals surface area contributed by atoms with Crippen molar-refractivity contribution in [3.05, 3.63) is 33.9 Å². The van der Waals surface area contributed by atoms with Crippen molar-refractivity contribution >= 4 is 49.1 Å². The van der Waals surface area contributed by atoms with E-state index in [1.807, 2.05) is 6.92 Å². The second-order valence-corrected chi connectivity index (χ2v) is 7.66. The number of halogens is 1. The van der Waals surface area contributed by atoms with Crippen molar-refractivity contribution < 1.29 is 12.9 Å². The Balaban J connectivity index is 2.15. The van der Waals surface area contributed by atoms with Gasteiger partial charge in [0, 0.05) is 16.5 Å². The van der Waals surface area contributed by atoms with E-state index in [4.69, 9.17) is 16.1 Å². The summed E-state index contributed by atoms with van der Waals surface area (Å²) in [6, 6.07) is 3.44. The lowest BCUT2D eigenvalue weighted by atomic mass is 10.3. The molecule has 9 heteroatoms. The summed E-state index contributed by atoms with van der Waals surface area (Å²) in [5.74, 6) is -0.0792. The first-order chi connectivity index (χ1) is 10.4. The number of thiophene rings is 1. The quantitative estimate of drug-likeness (QED) is 0.770. The molecule has 1 N–H and O–H groups in total. The molecule has 0 atom stereocenters. The maximum absolute atomic E-state index is 12.7. The highest BCUT2D eigenvalue weighted by Gasteiger charge is 2.27. The van der Waals surface area contributed by atoms with E-state index in [1.165, 1.54) is 11.3 Å². The standard InChI is InChI=1S/C13H12ClN3O3S2/c1-3-9-11(8-5-4-6-15-13(8)21-9)22(18,19)17-12-10(14)7(2)16-20-12/h4-6,17H,3H2,1-2H3. The molecule has 0 aliphatic rings. The Morgan fingerprint density at radius 2 is 2.23 bits per heavy atom. The Hall–Kier alpha value is -1.64. The van der Waals surface area contributed by atoms with Crippen molar-refractivity contribution in [2.75, 3.05) is 4.72 Å². The predicted molar refractivity (Wildman–Crippen MR) is 86.1 cm³/mol. The number of nitrogens with one attached hydrogen (secondary N) is 1. The zero-order valence-corrected chi connectivity index (χ0v) is 14.1. The zero-order valence-electron chi connectivity index (χ0n) is 11.8. The van der Waals surface area contributed by atoms with Gasteiger partial charge in [0.15, 0.2) is 0 Å². The van der Waals surface area contributed by atoms with Crippen LogP contribution in [0.4, 0.5) is 5.88 Å². The van der Waals surface area contributed by atoms with Crippen LogP contribution in [0, 0.1) is 6.92 Å². The molecule has 0 spiro atoms. The lowest BCUT2D eigenvalue weighted by Gasteiger charge is -2.06. The number of aromatic nitrogens is 2. The number of fused-ring (bicyclic) bond motifs is 1. The third-order valence-electron chi connectivity index (χ3n) is 3.10. The topological polar surface area (TPSA) is 85.1 Å². The molecular formula is C13H12ClN3O3S2. The van der Waals surface area contributed by atoms with Crippen LogP contribution in [-0.2, 0) is 16.4 Å². The molecule has 0 aromatic carbocycles. The molecule has 6 nitrogen and oxygen atoms in total. The minimum atomic E-state index is -3.85. The highest BCUT2D eigenvalue weighted by molar-refractivity contribution is 7.93. The van der Waals surface area contributed by atoms with E-state index >= 15 is 0 Å². The van der Waals surface area contributed by atoms with Gasteiger partial charge >= 0.3 is 0 Å². The van der Waals surface area contributed by atoms with Gasteiger partial charge in [-0.2, -0.15) is 0 Å². The molecule has 0 aliphatic carbocycles. The summed E-state index contributed by atoms with van der Waals surface area (Å²) in [5, 5.41) is 4.38. The fourth-order valence-corrected chi connectivity index (χ4v) is 5.13. The summed E-state index contributed by atoms with van der Waals surface area (Å²) in [4.78, 5) is 5.84. The van der Waals surface area contributed by atoms with Crippen molar-refractivity contribution in [1.29, 1.82) is 0 Å². The first-order valence-corrected chi connectivity index (χ1v) is 9.12. The molecule has 3 heterocycles. The monoisotopic (exact) mass is 357 g/mol. The molecule has 0 fully saturated rings. The van der Waals surface area contributed by atoms with E-state index in [2.05, 4.69) is 14.9 Å². The summed E-state index contributed by atoms with van der Waals surface area (Å²) in [5.41, 5.74) is 0.423. The van der Waals surface area contributed by atoms with Crippen LogP contribution in [0.25, 0.3) is 10.2 Å². The Bertz CT molecular complexity index is 947. The van der Waals surface area contributed by atoms with Gasteiger partial charge in [-0.1, -0.05) is 23.7 Å². The molecular weight excluding hydrogens is 346 g/mol. The molecule has 3 aromatic heterocycles. The first-order valence-electron chi connectivity index (χ1n) is 6.45. The van der Waals surface area contributed by atoms with Crippen LogP contribution in [0.15, 0.2) is 27.7 Å². The number of nitrogens with zero attached hydrogens (tertiary/aromatic N) is 2. The fourth-order valence-electron chi connectivity index (χ4n) is 2.08. The number of sulfonamides is 1. The lowest BCUT2D eigenvalue weighted by molar-refractivity contribution is 0.430. The molecule has 0 amide bonds.